The molecule has 1 fully saturated rings. The number of nitrogens with one attached hydrogen (secondary N) is 1. The molecule has 0 aliphatic carbocycles. The molecule has 8 heteroatoms. The maximum atomic E-state index is 12.7. The zero-order valence-electron chi connectivity index (χ0n) is 16.1. The molecule has 0 spiro atoms. The molecule has 1 aliphatic heterocycles. The van der Waals surface area contributed by atoms with Crippen LogP contribution in [0.5, 0.6) is 0 Å². The number of hydrogen-bond donors (Lipinski definition) is 1. The molecule has 0 saturated carbocycles. The van der Waals surface area contributed by atoms with E-state index in [0.29, 0.717) is 16.3 Å². The van der Waals surface area contributed by atoms with Crippen molar-refractivity contribution >= 4 is 28.6 Å². The van der Waals surface area contributed by atoms with Gasteiger partial charge in [-0.2, -0.15) is 13.2 Å². The van der Waals surface area contributed by atoms with Gasteiger partial charge < -0.3 is 10.2 Å². The van der Waals surface area contributed by atoms with Crippen molar-refractivity contribution in [2.75, 3.05) is 23.3 Å². The van der Waals surface area contributed by atoms with Crippen molar-refractivity contribution in [3.63, 3.8) is 0 Å². The van der Waals surface area contributed by atoms with E-state index in [4.69, 9.17) is 0 Å². The molecule has 0 atom stereocenters. The van der Waals surface area contributed by atoms with Crippen molar-refractivity contribution in [3.8, 4) is 10.6 Å². The summed E-state index contributed by atoms with van der Waals surface area (Å²) in [5.41, 5.74) is 2.36. The number of thiazole rings is 1. The molecule has 3 aromatic rings. The summed E-state index contributed by atoms with van der Waals surface area (Å²) >= 11 is 1.30. The van der Waals surface area contributed by atoms with E-state index < -0.39 is 11.7 Å². The van der Waals surface area contributed by atoms with E-state index in [2.05, 4.69) is 15.2 Å². The van der Waals surface area contributed by atoms with Gasteiger partial charge in [-0.25, -0.2) is 4.98 Å². The highest BCUT2D eigenvalue weighted by Crippen LogP contribution is 2.32. The first-order valence-corrected chi connectivity index (χ1v) is 10.5. The third kappa shape index (κ3) is 4.81. The summed E-state index contributed by atoms with van der Waals surface area (Å²) in [5, 5.41) is 5.20. The lowest BCUT2D eigenvalue weighted by Gasteiger charge is -2.17. The van der Waals surface area contributed by atoms with Gasteiger partial charge in [0.15, 0.2) is 0 Å². The highest BCUT2D eigenvalue weighted by atomic mass is 32.1. The number of nitrogens with zero attached hydrogens (tertiary/aromatic N) is 2. The van der Waals surface area contributed by atoms with E-state index in [1.807, 2.05) is 24.3 Å². The van der Waals surface area contributed by atoms with Gasteiger partial charge in [-0.1, -0.05) is 12.1 Å². The first-order chi connectivity index (χ1) is 14.4. The number of benzene rings is 2. The smallest absolute Gasteiger partial charge is 0.372 e. The van der Waals surface area contributed by atoms with Gasteiger partial charge in [0, 0.05) is 35.4 Å². The third-order valence-electron chi connectivity index (χ3n) is 4.97. The summed E-state index contributed by atoms with van der Waals surface area (Å²) in [4.78, 5) is 19.1. The van der Waals surface area contributed by atoms with Crippen molar-refractivity contribution in [1.29, 1.82) is 0 Å². The number of hydrogen-bond acceptors (Lipinski definition) is 4. The van der Waals surface area contributed by atoms with E-state index in [1.54, 1.807) is 5.38 Å². The second-order valence-corrected chi connectivity index (χ2v) is 8.04. The molecule has 1 N–H and O–H groups in total. The fraction of sp³-hybridized carbons (Fsp3) is 0.273. The summed E-state index contributed by atoms with van der Waals surface area (Å²) in [6, 6.07) is 12.7. The average Bonchev–Trinajstić information content (AvgIpc) is 3.40. The molecule has 1 amide bonds. The first kappa shape index (κ1) is 20.4. The Kier molecular flexibility index (Phi) is 5.76. The van der Waals surface area contributed by atoms with Crippen LogP contribution in [0.25, 0.3) is 10.6 Å². The number of aromatic nitrogens is 1. The van der Waals surface area contributed by atoms with E-state index in [9.17, 15) is 18.0 Å². The second kappa shape index (κ2) is 8.47. The Bertz CT molecular complexity index is 1010. The van der Waals surface area contributed by atoms with Crippen LogP contribution in [0.4, 0.5) is 24.5 Å². The molecule has 2 aromatic carbocycles. The lowest BCUT2D eigenvalue weighted by Crippen LogP contribution is -2.18. The minimum absolute atomic E-state index is 0.102. The van der Waals surface area contributed by atoms with Crippen LogP contribution in [0.15, 0.2) is 53.9 Å². The Morgan fingerprint density at radius 2 is 1.70 bits per heavy atom. The van der Waals surface area contributed by atoms with Crippen molar-refractivity contribution < 1.29 is 18.0 Å². The Hall–Kier alpha value is -2.87. The largest absolute Gasteiger partial charge is 0.416 e. The van der Waals surface area contributed by atoms with Gasteiger partial charge in [0.25, 0.3) is 0 Å². The summed E-state index contributed by atoms with van der Waals surface area (Å²) < 4.78 is 38.1. The van der Waals surface area contributed by atoms with Crippen molar-refractivity contribution in [3.05, 3.63) is 65.2 Å². The molecule has 30 heavy (non-hydrogen) atoms. The monoisotopic (exact) mass is 431 g/mol. The molecule has 1 aliphatic rings. The minimum atomic E-state index is -4.36. The quantitative estimate of drug-likeness (QED) is 0.571. The number of rotatable bonds is 5. The lowest BCUT2D eigenvalue weighted by molar-refractivity contribution is -0.137. The van der Waals surface area contributed by atoms with Crippen molar-refractivity contribution in [2.24, 2.45) is 0 Å². The van der Waals surface area contributed by atoms with E-state index in [0.717, 1.165) is 36.6 Å². The number of carbonyl (C=O) groups excluding carboxylic acids is 1. The van der Waals surface area contributed by atoms with Gasteiger partial charge in [-0.05, 0) is 49.2 Å². The van der Waals surface area contributed by atoms with Crippen LogP contribution in [0.1, 0.15) is 24.1 Å². The molecule has 1 saturated heterocycles. The summed E-state index contributed by atoms with van der Waals surface area (Å²) in [6.45, 7) is 2.13. The van der Waals surface area contributed by atoms with E-state index in [-0.39, 0.29) is 12.3 Å². The molecule has 0 unspecified atom stereocenters. The van der Waals surface area contributed by atoms with Crippen LogP contribution in [0.2, 0.25) is 0 Å². The van der Waals surface area contributed by atoms with Gasteiger partial charge in [-0.3, -0.25) is 4.79 Å². The van der Waals surface area contributed by atoms with Crippen molar-refractivity contribution in [2.45, 2.75) is 25.4 Å². The molecule has 2 heterocycles. The molecule has 156 valence electrons. The second-order valence-electron chi connectivity index (χ2n) is 7.19. The van der Waals surface area contributed by atoms with Crippen LogP contribution in [-0.4, -0.2) is 24.0 Å². The molecule has 0 radical (unpaired) electrons. The zero-order chi connectivity index (χ0) is 21.1. The highest BCUT2D eigenvalue weighted by Gasteiger charge is 2.30. The Morgan fingerprint density at radius 1 is 1.03 bits per heavy atom. The fourth-order valence-corrected chi connectivity index (χ4v) is 4.25. The van der Waals surface area contributed by atoms with Gasteiger partial charge in [0.1, 0.15) is 5.01 Å². The fourth-order valence-electron chi connectivity index (χ4n) is 3.42. The van der Waals surface area contributed by atoms with Crippen LogP contribution in [0.3, 0.4) is 0 Å². The normalized spacial score (nSPS) is 14.2. The van der Waals surface area contributed by atoms with Crippen molar-refractivity contribution in [1.82, 2.24) is 4.98 Å². The Balaban J connectivity index is 1.35. The van der Waals surface area contributed by atoms with Crippen LogP contribution >= 0.6 is 11.3 Å². The number of alkyl halides is 3. The topological polar surface area (TPSA) is 45.2 Å². The maximum Gasteiger partial charge on any atom is 0.416 e. The summed E-state index contributed by atoms with van der Waals surface area (Å²) in [5.74, 6) is -0.187. The zero-order valence-corrected chi connectivity index (χ0v) is 16.9. The number of anilines is 2. The molecule has 1 aromatic heterocycles. The SMILES string of the molecule is O=C(Cc1csc(-c2ccc(C(F)(F)F)cc2)n1)Nc1ccc(N2CCCC2)cc1. The Morgan fingerprint density at radius 3 is 2.33 bits per heavy atom. The third-order valence-corrected chi connectivity index (χ3v) is 5.92. The number of amides is 1. The lowest BCUT2D eigenvalue weighted by atomic mass is 10.1. The van der Waals surface area contributed by atoms with Gasteiger partial charge in [-0.15, -0.1) is 11.3 Å². The average molecular weight is 431 g/mol. The Labute approximate surface area is 176 Å². The number of carbonyl (C=O) groups is 1. The maximum absolute atomic E-state index is 12.7. The van der Waals surface area contributed by atoms with Crippen LogP contribution in [-0.2, 0) is 17.4 Å². The van der Waals surface area contributed by atoms with Crippen LogP contribution < -0.4 is 10.2 Å². The number of halogens is 3. The molecular formula is C22H20F3N3OS. The predicted molar refractivity (Wildman–Crippen MR) is 113 cm³/mol. The highest BCUT2D eigenvalue weighted by molar-refractivity contribution is 7.13. The van der Waals surface area contributed by atoms with Crippen LogP contribution in [0, 0.1) is 0 Å². The molecule has 4 rings (SSSR count). The van der Waals surface area contributed by atoms with E-state index >= 15 is 0 Å². The summed E-state index contributed by atoms with van der Waals surface area (Å²) in [6.07, 6.45) is -1.84. The minimum Gasteiger partial charge on any atom is -0.372 e. The molecular weight excluding hydrogens is 411 g/mol. The van der Waals surface area contributed by atoms with E-state index in [1.165, 1.54) is 36.3 Å². The van der Waals surface area contributed by atoms with Gasteiger partial charge >= 0.3 is 6.18 Å². The molecule has 0 bridgehead atoms. The van der Waals surface area contributed by atoms with Gasteiger partial charge in [0.05, 0.1) is 17.7 Å². The molecule has 4 nitrogen and oxygen atoms in total. The predicted octanol–water partition coefficient (Wildman–Crippen LogP) is 5.61. The standard InChI is InChI=1S/C22H20F3N3OS/c23-22(24,25)16-5-3-15(4-6-16)21-27-18(14-30-21)13-20(29)26-17-7-9-19(10-8-17)28-11-1-2-12-28/h3-10,14H,1-2,11-13H2,(H,26,29). The van der Waals surface area contributed by atoms with Gasteiger partial charge in [0.2, 0.25) is 5.91 Å². The first-order valence-electron chi connectivity index (χ1n) is 9.65. The summed E-state index contributed by atoms with van der Waals surface area (Å²) in [7, 11) is 0.